The molecule has 0 spiro atoms. The van der Waals surface area contributed by atoms with Gasteiger partial charge in [0.25, 0.3) is 0 Å². The van der Waals surface area contributed by atoms with Crippen LogP contribution in [0.4, 0.5) is 0 Å². The standard InChI is InChI=1S/C15H21NO3S/c1-19-11-6-8-12(9-7-11)20-10-15(18)16-13-4-2-3-5-14(13)17/h6-9,13-14,17H,2-5,10H2,1H3,(H,16,18)/t13-,14-/m0/s1. The van der Waals surface area contributed by atoms with Gasteiger partial charge in [-0.2, -0.15) is 0 Å². The molecule has 1 saturated carbocycles. The van der Waals surface area contributed by atoms with Gasteiger partial charge in [0.15, 0.2) is 0 Å². The van der Waals surface area contributed by atoms with Crippen LogP contribution in [0, 0.1) is 0 Å². The molecule has 0 aliphatic heterocycles. The lowest BCUT2D eigenvalue weighted by molar-refractivity contribution is -0.120. The average molecular weight is 295 g/mol. The number of rotatable bonds is 5. The number of ether oxygens (including phenoxy) is 1. The zero-order chi connectivity index (χ0) is 14.4. The Morgan fingerprint density at radius 3 is 2.70 bits per heavy atom. The van der Waals surface area contributed by atoms with E-state index in [1.807, 2.05) is 24.3 Å². The summed E-state index contributed by atoms with van der Waals surface area (Å²) in [5.74, 6) is 1.16. The first-order chi connectivity index (χ1) is 9.69. The normalized spacial score (nSPS) is 22.3. The highest BCUT2D eigenvalue weighted by atomic mass is 32.2. The molecule has 1 aromatic rings. The molecule has 1 aliphatic carbocycles. The van der Waals surface area contributed by atoms with Gasteiger partial charge in [0.05, 0.1) is 25.0 Å². The number of amides is 1. The summed E-state index contributed by atoms with van der Waals surface area (Å²) in [5.41, 5.74) is 0. The molecule has 0 heterocycles. The number of hydrogen-bond donors (Lipinski definition) is 2. The number of carbonyl (C=O) groups is 1. The number of aliphatic hydroxyl groups is 1. The van der Waals surface area contributed by atoms with Crippen LogP contribution in [0.25, 0.3) is 0 Å². The third-order valence-corrected chi connectivity index (χ3v) is 4.52. The van der Waals surface area contributed by atoms with Crippen molar-refractivity contribution in [3.8, 4) is 5.75 Å². The van der Waals surface area contributed by atoms with E-state index >= 15 is 0 Å². The van der Waals surface area contributed by atoms with Crippen molar-refractivity contribution in [2.45, 2.75) is 42.7 Å². The van der Waals surface area contributed by atoms with Gasteiger partial charge < -0.3 is 15.2 Å². The zero-order valence-corrected chi connectivity index (χ0v) is 12.5. The van der Waals surface area contributed by atoms with Gasteiger partial charge in [0.1, 0.15) is 5.75 Å². The monoisotopic (exact) mass is 295 g/mol. The van der Waals surface area contributed by atoms with Crippen LogP contribution in [0.1, 0.15) is 25.7 Å². The molecule has 0 bridgehead atoms. The molecule has 1 amide bonds. The van der Waals surface area contributed by atoms with E-state index < -0.39 is 6.10 Å². The average Bonchev–Trinajstić information content (AvgIpc) is 2.48. The Bertz CT molecular complexity index is 435. The minimum absolute atomic E-state index is 0.0169. The number of nitrogens with one attached hydrogen (secondary N) is 1. The number of benzene rings is 1. The lowest BCUT2D eigenvalue weighted by atomic mass is 9.93. The predicted octanol–water partition coefficient (Wildman–Crippen LogP) is 2.21. The number of hydrogen-bond acceptors (Lipinski definition) is 4. The first kappa shape index (κ1) is 15.2. The smallest absolute Gasteiger partial charge is 0.230 e. The molecule has 0 saturated heterocycles. The Kier molecular flexibility index (Phi) is 5.73. The van der Waals surface area contributed by atoms with E-state index in [4.69, 9.17) is 4.74 Å². The van der Waals surface area contributed by atoms with Crippen LogP contribution in [0.2, 0.25) is 0 Å². The van der Waals surface area contributed by atoms with E-state index in [-0.39, 0.29) is 11.9 Å². The fraction of sp³-hybridized carbons (Fsp3) is 0.533. The molecule has 110 valence electrons. The van der Waals surface area contributed by atoms with Crippen molar-refractivity contribution in [3.05, 3.63) is 24.3 Å². The van der Waals surface area contributed by atoms with E-state index in [0.717, 1.165) is 36.3 Å². The van der Waals surface area contributed by atoms with Crippen LogP contribution < -0.4 is 10.1 Å². The summed E-state index contributed by atoms with van der Waals surface area (Å²) >= 11 is 1.49. The van der Waals surface area contributed by atoms with Gasteiger partial charge in [-0.3, -0.25) is 4.79 Å². The third kappa shape index (κ3) is 4.42. The zero-order valence-electron chi connectivity index (χ0n) is 11.7. The van der Waals surface area contributed by atoms with Crippen LogP contribution in [0.3, 0.4) is 0 Å². The second-order valence-corrected chi connectivity index (χ2v) is 6.04. The first-order valence-corrected chi connectivity index (χ1v) is 7.92. The van der Waals surface area contributed by atoms with Crippen LogP contribution in [-0.2, 0) is 4.79 Å². The molecule has 1 fully saturated rings. The highest BCUT2D eigenvalue weighted by Gasteiger charge is 2.24. The molecule has 4 nitrogen and oxygen atoms in total. The van der Waals surface area contributed by atoms with E-state index in [1.54, 1.807) is 7.11 Å². The molecule has 2 N–H and O–H groups in total. The Morgan fingerprint density at radius 1 is 1.35 bits per heavy atom. The van der Waals surface area contributed by atoms with Crippen molar-refractivity contribution in [2.75, 3.05) is 12.9 Å². The molecule has 2 atom stereocenters. The van der Waals surface area contributed by atoms with E-state index in [0.29, 0.717) is 5.75 Å². The topological polar surface area (TPSA) is 58.6 Å². The second kappa shape index (κ2) is 7.55. The van der Waals surface area contributed by atoms with Crippen LogP contribution in [0.15, 0.2) is 29.2 Å². The molecule has 5 heteroatoms. The van der Waals surface area contributed by atoms with E-state index in [9.17, 15) is 9.90 Å². The fourth-order valence-corrected chi connectivity index (χ4v) is 3.06. The molecule has 1 aliphatic rings. The summed E-state index contributed by atoms with van der Waals surface area (Å²) in [6.07, 6.45) is 3.40. The molecular formula is C15H21NO3S. The van der Waals surface area contributed by atoms with Crippen molar-refractivity contribution in [2.24, 2.45) is 0 Å². The maximum Gasteiger partial charge on any atom is 0.230 e. The summed E-state index contributed by atoms with van der Waals surface area (Å²) in [6, 6.07) is 7.56. The van der Waals surface area contributed by atoms with Crippen molar-refractivity contribution in [3.63, 3.8) is 0 Å². The van der Waals surface area contributed by atoms with Crippen molar-refractivity contribution in [1.82, 2.24) is 5.32 Å². The number of carbonyl (C=O) groups excluding carboxylic acids is 1. The summed E-state index contributed by atoms with van der Waals surface area (Å²) in [6.45, 7) is 0. The molecule has 0 unspecified atom stereocenters. The Morgan fingerprint density at radius 2 is 2.05 bits per heavy atom. The lowest BCUT2D eigenvalue weighted by Crippen LogP contribution is -2.45. The minimum Gasteiger partial charge on any atom is -0.497 e. The van der Waals surface area contributed by atoms with Gasteiger partial charge in [-0.15, -0.1) is 11.8 Å². The Labute approximate surface area is 123 Å². The minimum atomic E-state index is -0.390. The van der Waals surface area contributed by atoms with Gasteiger partial charge in [-0.1, -0.05) is 12.8 Å². The van der Waals surface area contributed by atoms with Crippen molar-refractivity contribution in [1.29, 1.82) is 0 Å². The van der Waals surface area contributed by atoms with Gasteiger partial charge in [-0.25, -0.2) is 0 Å². The summed E-state index contributed by atoms with van der Waals surface area (Å²) in [5, 5.41) is 12.8. The second-order valence-electron chi connectivity index (χ2n) is 4.99. The van der Waals surface area contributed by atoms with Gasteiger partial charge in [0.2, 0.25) is 5.91 Å². The quantitative estimate of drug-likeness (QED) is 0.818. The van der Waals surface area contributed by atoms with Crippen LogP contribution >= 0.6 is 11.8 Å². The largest absolute Gasteiger partial charge is 0.497 e. The summed E-state index contributed by atoms with van der Waals surface area (Å²) < 4.78 is 5.09. The van der Waals surface area contributed by atoms with Crippen molar-refractivity contribution >= 4 is 17.7 Å². The highest BCUT2D eigenvalue weighted by Crippen LogP contribution is 2.22. The predicted molar refractivity (Wildman–Crippen MR) is 80.1 cm³/mol. The van der Waals surface area contributed by atoms with Gasteiger partial charge in [0, 0.05) is 4.90 Å². The lowest BCUT2D eigenvalue weighted by Gasteiger charge is -2.28. The van der Waals surface area contributed by atoms with E-state index in [2.05, 4.69) is 5.32 Å². The molecular weight excluding hydrogens is 274 g/mol. The highest BCUT2D eigenvalue weighted by molar-refractivity contribution is 8.00. The van der Waals surface area contributed by atoms with Crippen molar-refractivity contribution < 1.29 is 14.6 Å². The molecule has 0 radical (unpaired) electrons. The van der Waals surface area contributed by atoms with Gasteiger partial charge >= 0.3 is 0 Å². The van der Waals surface area contributed by atoms with Crippen LogP contribution in [0.5, 0.6) is 5.75 Å². The first-order valence-electron chi connectivity index (χ1n) is 6.93. The van der Waals surface area contributed by atoms with Crippen LogP contribution in [-0.4, -0.2) is 36.0 Å². The third-order valence-electron chi connectivity index (χ3n) is 3.51. The fourth-order valence-electron chi connectivity index (χ4n) is 2.35. The summed E-state index contributed by atoms with van der Waals surface area (Å²) in [4.78, 5) is 12.9. The Hall–Kier alpha value is -1.20. The molecule has 2 rings (SSSR count). The summed E-state index contributed by atoms with van der Waals surface area (Å²) in [7, 11) is 1.63. The van der Waals surface area contributed by atoms with E-state index in [1.165, 1.54) is 11.8 Å². The Balaban J connectivity index is 1.76. The SMILES string of the molecule is COc1ccc(SCC(=O)N[C@H]2CCCC[C@@H]2O)cc1. The molecule has 1 aromatic carbocycles. The number of methoxy groups -OCH3 is 1. The molecule has 0 aromatic heterocycles. The van der Waals surface area contributed by atoms with Gasteiger partial charge in [-0.05, 0) is 37.1 Å². The number of aliphatic hydroxyl groups excluding tert-OH is 1. The number of thioether (sulfide) groups is 1. The maximum absolute atomic E-state index is 11.9. The molecule has 20 heavy (non-hydrogen) atoms. The maximum atomic E-state index is 11.9.